The Balaban J connectivity index is 2.43. The van der Waals surface area contributed by atoms with Gasteiger partial charge < -0.3 is 10.8 Å². The first-order chi connectivity index (χ1) is 7.97. The van der Waals surface area contributed by atoms with Crippen molar-refractivity contribution in [1.29, 1.82) is 0 Å². The third kappa shape index (κ3) is 2.60. The number of hydrogen-bond donors (Lipinski definition) is 2. The lowest BCUT2D eigenvalue weighted by Crippen LogP contribution is -2.15. The summed E-state index contributed by atoms with van der Waals surface area (Å²) in [5.74, 6) is 0.486. The highest BCUT2D eigenvalue weighted by molar-refractivity contribution is 5.63. The standard InChI is InChI=1S/C13H15N3O/c1-13(2,17)11-5-10(6-15-8-11)9-3-4-12(14)16-7-9/h3-8,17H,1-2H3,(H2,14,16). The minimum atomic E-state index is -0.899. The summed E-state index contributed by atoms with van der Waals surface area (Å²) in [6, 6.07) is 5.53. The predicted molar refractivity (Wildman–Crippen MR) is 67.1 cm³/mol. The molecule has 0 radical (unpaired) electrons. The minimum absolute atomic E-state index is 0.486. The van der Waals surface area contributed by atoms with E-state index in [9.17, 15) is 5.11 Å². The number of hydrogen-bond acceptors (Lipinski definition) is 4. The van der Waals surface area contributed by atoms with Gasteiger partial charge in [0.1, 0.15) is 5.82 Å². The van der Waals surface area contributed by atoms with Gasteiger partial charge in [-0.3, -0.25) is 4.98 Å². The molecule has 0 aliphatic heterocycles. The third-order valence-corrected chi connectivity index (χ3v) is 2.56. The molecule has 88 valence electrons. The highest BCUT2D eigenvalue weighted by atomic mass is 16.3. The molecule has 0 saturated carbocycles. The molecule has 2 aromatic heterocycles. The molecule has 0 aromatic carbocycles. The molecule has 0 saturated heterocycles. The molecule has 3 N–H and O–H groups in total. The molecule has 2 aromatic rings. The van der Waals surface area contributed by atoms with Gasteiger partial charge in [0.2, 0.25) is 0 Å². The summed E-state index contributed by atoms with van der Waals surface area (Å²) in [5, 5.41) is 9.93. The van der Waals surface area contributed by atoms with Crippen molar-refractivity contribution in [2.24, 2.45) is 0 Å². The maximum absolute atomic E-state index is 9.93. The summed E-state index contributed by atoms with van der Waals surface area (Å²) in [7, 11) is 0. The molecule has 4 nitrogen and oxygen atoms in total. The molecule has 0 aliphatic rings. The molecule has 0 atom stereocenters. The van der Waals surface area contributed by atoms with Crippen LogP contribution in [0.4, 0.5) is 5.82 Å². The van der Waals surface area contributed by atoms with E-state index >= 15 is 0 Å². The second kappa shape index (κ2) is 4.14. The summed E-state index contributed by atoms with van der Waals surface area (Å²) in [6.07, 6.45) is 5.09. The van der Waals surface area contributed by atoms with Crippen molar-refractivity contribution >= 4 is 5.82 Å². The zero-order valence-corrected chi connectivity index (χ0v) is 9.88. The molecule has 17 heavy (non-hydrogen) atoms. The summed E-state index contributed by atoms with van der Waals surface area (Å²) in [4.78, 5) is 8.17. The number of nitrogens with two attached hydrogens (primary N) is 1. The van der Waals surface area contributed by atoms with Crippen LogP contribution < -0.4 is 5.73 Å². The van der Waals surface area contributed by atoms with Crippen molar-refractivity contribution in [2.75, 3.05) is 5.73 Å². The number of aliphatic hydroxyl groups is 1. The van der Waals surface area contributed by atoms with Crippen LogP contribution in [0.5, 0.6) is 0 Å². The molecule has 0 spiro atoms. The van der Waals surface area contributed by atoms with Crippen LogP contribution in [-0.4, -0.2) is 15.1 Å². The molecule has 0 unspecified atom stereocenters. The molecule has 0 bridgehead atoms. The molecular weight excluding hydrogens is 214 g/mol. The van der Waals surface area contributed by atoms with Gasteiger partial charge in [-0.15, -0.1) is 0 Å². The fourth-order valence-corrected chi connectivity index (χ4v) is 1.51. The Hall–Kier alpha value is -1.94. The van der Waals surface area contributed by atoms with Gasteiger partial charge in [-0.2, -0.15) is 0 Å². The Morgan fingerprint density at radius 3 is 2.47 bits per heavy atom. The number of nitrogens with zero attached hydrogens (tertiary/aromatic N) is 2. The first-order valence-electron chi connectivity index (χ1n) is 5.36. The molecule has 4 heteroatoms. The van der Waals surface area contributed by atoms with Crippen LogP contribution in [0.3, 0.4) is 0 Å². The van der Waals surface area contributed by atoms with Crippen LogP contribution >= 0.6 is 0 Å². The average Bonchev–Trinajstić information content (AvgIpc) is 2.29. The fraction of sp³-hybridized carbons (Fsp3) is 0.231. The fourth-order valence-electron chi connectivity index (χ4n) is 1.51. The SMILES string of the molecule is CC(C)(O)c1cncc(-c2ccc(N)nc2)c1. The second-order valence-electron chi connectivity index (χ2n) is 4.49. The molecule has 0 fully saturated rings. The van der Waals surface area contributed by atoms with Gasteiger partial charge in [0.25, 0.3) is 0 Å². The molecular formula is C13H15N3O. The van der Waals surface area contributed by atoms with Crippen molar-refractivity contribution in [2.45, 2.75) is 19.4 Å². The van der Waals surface area contributed by atoms with E-state index in [2.05, 4.69) is 9.97 Å². The third-order valence-electron chi connectivity index (χ3n) is 2.56. The Bertz CT molecular complexity index is 515. The topological polar surface area (TPSA) is 72.0 Å². The van der Waals surface area contributed by atoms with Crippen molar-refractivity contribution in [1.82, 2.24) is 9.97 Å². The number of aromatic nitrogens is 2. The summed E-state index contributed by atoms with van der Waals surface area (Å²) in [6.45, 7) is 3.46. The van der Waals surface area contributed by atoms with E-state index in [4.69, 9.17) is 5.73 Å². The minimum Gasteiger partial charge on any atom is -0.386 e. The average molecular weight is 229 g/mol. The zero-order valence-electron chi connectivity index (χ0n) is 9.88. The van der Waals surface area contributed by atoms with Gasteiger partial charge in [-0.1, -0.05) is 0 Å². The number of pyridine rings is 2. The Morgan fingerprint density at radius 2 is 1.88 bits per heavy atom. The molecule has 0 amide bonds. The van der Waals surface area contributed by atoms with Crippen LogP contribution in [0.15, 0.2) is 36.8 Å². The van der Waals surface area contributed by atoms with Crippen LogP contribution in [0.1, 0.15) is 19.4 Å². The normalized spacial score (nSPS) is 11.5. The lowest BCUT2D eigenvalue weighted by Gasteiger charge is -2.17. The quantitative estimate of drug-likeness (QED) is 0.825. The maximum Gasteiger partial charge on any atom is 0.123 e. The number of rotatable bonds is 2. The van der Waals surface area contributed by atoms with E-state index in [1.54, 1.807) is 38.5 Å². The van der Waals surface area contributed by atoms with Crippen LogP contribution in [0.25, 0.3) is 11.1 Å². The van der Waals surface area contributed by atoms with Crippen LogP contribution in [0, 0.1) is 0 Å². The lowest BCUT2D eigenvalue weighted by atomic mass is 9.97. The van der Waals surface area contributed by atoms with Crippen molar-refractivity contribution < 1.29 is 5.11 Å². The predicted octanol–water partition coefficient (Wildman–Crippen LogP) is 1.95. The van der Waals surface area contributed by atoms with Crippen LogP contribution in [-0.2, 0) is 5.60 Å². The highest BCUT2D eigenvalue weighted by Crippen LogP contribution is 2.24. The highest BCUT2D eigenvalue weighted by Gasteiger charge is 2.16. The molecule has 2 heterocycles. The summed E-state index contributed by atoms with van der Waals surface area (Å²) >= 11 is 0. The number of anilines is 1. The maximum atomic E-state index is 9.93. The largest absolute Gasteiger partial charge is 0.386 e. The van der Waals surface area contributed by atoms with E-state index < -0.39 is 5.60 Å². The Morgan fingerprint density at radius 1 is 1.12 bits per heavy atom. The van der Waals surface area contributed by atoms with Crippen molar-refractivity contribution in [3.63, 3.8) is 0 Å². The van der Waals surface area contributed by atoms with Crippen LogP contribution in [0.2, 0.25) is 0 Å². The van der Waals surface area contributed by atoms with Gasteiger partial charge in [-0.25, -0.2) is 4.98 Å². The van der Waals surface area contributed by atoms with Gasteiger partial charge in [-0.05, 0) is 32.0 Å². The van der Waals surface area contributed by atoms with Gasteiger partial charge in [0.15, 0.2) is 0 Å². The summed E-state index contributed by atoms with van der Waals surface area (Å²) in [5.41, 5.74) is 7.25. The van der Waals surface area contributed by atoms with Crippen molar-refractivity contribution in [3.8, 4) is 11.1 Å². The number of nitrogen functional groups attached to an aromatic ring is 1. The Labute approximate surface area is 100 Å². The molecule has 0 aliphatic carbocycles. The van der Waals surface area contributed by atoms with E-state index in [-0.39, 0.29) is 0 Å². The van der Waals surface area contributed by atoms with E-state index in [0.29, 0.717) is 5.82 Å². The van der Waals surface area contributed by atoms with E-state index in [1.165, 1.54) is 0 Å². The monoisotopic (exact) mass is 229 g/mol. The second-order valence-corrected chi connectivity index (χ2v) is 4.49. The van der Waals surface area contributed by atoms with Gasteiger partial charge in [0, 0.05) is 35.3 Å². The summed E-state index contributed by atoms with van der Waals surface area (Å²) < 4.78 is 0. The first-order valence-corrected chi connectivity index (χ1v) is 5.36. The van der Waals surface area contributed by atoms with E-state index in [0.717, 1.165) is 16.7 Å². The van der Waals surface area contributed by atoms with E-state index in [1.807, 2.05) is 12.1 Å². The van der Waals surface area contributed by atoms with Gasteiger partial charge >= 0.3 is 0 Å². The Kier molecular flexibility index (Phi) is 2.81. The van der Waals surface area contributed by atoms with Crippen molar-refractivity contribution in [3.05, 3.63) is 42.4 Å². The lowest BCUT2D eigenvalue weighted by molar-refractivity contribution is 0.0783. The zero-order chi connectivity index (χ0) is 12.5. The smallest absolute Gasteiger partial charge is 0.123 e. The van der Waals surface area contributed by atoms with Gasteiger partial charge in [0.05, 0.1) is 5.60 Å². The molecule has 2 rings (SSSR count). The first kappa shape index (κ1) is 11.5.